The number of carbonyl (C=O) groups excluding carboxylic acids is 1. The van der Waals surface area contributed by atoms with Crippen LogP contribution in [0.5, 0.6) is 5.75 Å². The predicted octanol–water partition coefficient (Wildman–Crippen LogP) is 3.71. The van der Waals surface area contributed by atoms with Gasteiger partial charge in [0.25, 0.3) is 5.91 Å². The van der Waals surface area contributed by atoms with E-state index in [1.54, 1.807) is 12.1 Å². The van der Waals surface area contributed by atoms with Crippen molar-refractivity contribution in [1.82, 2.24) is 5.32 Å². The van der Waals surface area contributed by atoms with E-state index in [-0.39, 0.29) is 12.0 Å². The summed E-state index contributed by atoms with van der Waals surface area (Å²) in [5, 5.41) is 2.95. The van der Waals surface area contributed by atoms with Crippen molar-refractivity contribution in [3.63, 3.8) is 0 Å². The molecule has 1 saturated heterocycles. The van der Waals surface area contributed by atoms with E-state index in [0.29, 0.717) is 37.7 Å². The summed E-state index contributed by atoms with van der Waals surface area (Å²) >= 11 is 0. The molecule has 5 heteroatoms. The van der Waals surface area contributed by atoms with E-state index >= 15 is 0 Å². The van der Waals surface area contributed by atoms with Gasteiger partial charge in [0.2, 0.25) is 0 Å². The van der Waals surface area contributed by atoms with Crippen LogP contribution < -0.4 is 10.1 Å². The number of carbonyl (C=O) groups is 1. The van der Waals surface area contributed by atoms with Crippen LogP contribution in [0.1, 0.15) is 41.3 Å². The van der Waals surface area contributed by atoms with Crippen LogP contribution in [0.4, 0.5) is 0 Å². The molecule has 27 heavy (non-hydrogen) atoms. The maximum Gasteiger partial charge on any atom is 0.251 e. The zero-order chi connectivity index (χ0) is 18.9. The molecule has 0 saturated carbocycles. The minimum absolute atomic E-state index is 0.115. The van der Waals surface area contributed by atoms with Crippen molar-refractivity contribution in [2.75, 3.05) is 19.8 Å². The van der Waals surface area contributed by atoms with Gasteiger partial charge in [-0.25, -0.2) is 0 Å². The fourth-order valence-corrected chi connectivity index (χ4v) is 2.95. The molecular weight excluding hydrogens is 342 g/mol. The molecule has 1 fully saturated rings. The molecule has 0 aliphatic carbocycles. The van der Waals surface area contributed by atoms with Gasteiger partial charge in [-0.05, 0) is 49.1 Å². The Morgan fingerprint density at radius 1 is 1.19 bits per heavy atom. The summed E-state index contributed by atoms with van der Waals surface area (Å²) in [4.78, 5) is 12.4. The molecule has 2 aromatic rings. The molecule has 0 bridgehead atoms. The molecule has 5 nitrogen and oxygen atoms in total. The number of hydrogen-bond donors (Lipinski definition) is 1. The second-order valence-electron chi connectivity index (χ2n) is 6.61. The van der Waals surface area contributed by atoms with E-state index in [1.165, 1.54) is 0 Å². The summed E-state index contributed by atoms with van der Waals surface area (Å²) in [5.41, 5.74) is 2.77. The van der Waals surface area contributed by atoms with Gasteiger partial charge >= 0.3 is 0 Å². The van der Waals surface area contributed by atoms with Crippen LogP contribution in [-0.4, -0.2) is 31.8 Å². The molecule has 3 rings (SSSR count). The van der Waals surface area contributed by atoms with E-state index in [9.17, 15) is 4.79 Å². The van der Waals surface area contributed by atoms with E-state index in [0.717, 1.165) is 30.6 Å². The zero-order valence-corrected chi connectivity index (χ0v) is 15.8. The van der Waals surface area contributed by atoms with E-state index < -0.39 is 0 Å². The van der Waals surface area contributed by atoms with Crippen molar-refractivity contribution >= 4 is 5.91 Å². The van der Waals surface area contributed by atoms with Gasteiger partial charge in [0.15, 0.2) is 0 Å². The van der Waals surface area contributed by atoms with Crippen molar-refractivity contribution in [3.05, 3.63) is 65.2 Å². The van der Waals surface area contributed by atoms with Gasteiger partial charge in [0.1, 0.15) is 12.4 Å². The Bertz CT molecular complexity index is 723. The standard InChI is InChI=1S/C22H27NO4/c1-2-25-15-18-10-8-17(9-11-18)14-23-22(24)19-5-3-6-20(13-19)27-16-21-7-4-12-26-21/h3,5-6,8-11,13,21H,2,4,7,12,14-16H2,1H3,(H,23,24). The molecule has 0 aromatic heterocycles. The van der Waals surface area contributed by atoms with Gasteiger partial charge in [0.05, 0.1) is 12.7 Å². The van der Waals surface area contributed by atoms with Crippen LogP contribution >= 0.6 is 0 Å². The third kappa shape index (κ3) is 6.08. The Balaban J connectivity index is 1.49. The van der Waals surface area contributed by atoms with Gasteiger partial charge in [-0.2, -0.15) is 0 Å². The average Bonchev–Trinajstić information content (AvgIpc) is 3.23. The van der Waals surface area contributed by atoms with Gasteiger partial charge in [0, 0.05) is 25.3 Å². The third-order valence-electron chi connectivity index (χ3n) is 4.51. The molecule has 0 radical (unpaired) electrons. The first-order valence-corrected chi connectivity index (χ1v) is 9.53. The summed E-state index contributed by atoms with van der Waals surface area (Å²) in [6.45, 7) is 5.11. The first-order chi connectivity index (χ1) is 13.2. The maximum absolute atomic E-state index is 12.4. The van der Waals surface area contributed by atoms with Crippen molar-refractivity contribution in [1.29, 1.82) is 0 Å². The summed E-state index contributed by atoms with van der Waals surface area (Å²) in [5.74, 6) is 0.578. The van der Waals surface area contributed by atoms with E-state index in [4.69, 9.17) is 14.2 Å². The molecule has 0 spiro atoms. The smallest absolute Gasteiger partial charge is 0.251 e. The molecule has 1 heterocycles. The number of ether oxygens (including phenoxy) is 3. The molecule has 1 atom stereocenters. The molecule has 1 amide bonds. The number of benzene rings is 2. The fourth-order valence-electron chi connectivity index (χ4n) is 2.95. The molecule has 1 unspecified atom stereocenters. The van der Waals surface area contributed by atoms with Crippen LogP contribution in [0.15, 0.2) is 48.5 Å². The minimum Gasteiger partial charge on any atom is -0.491 e. The Kier molecular flexibility index (Phi) is 7.25. The van der Waals surface area contributed by atoms with Gasteiger partial charge in [-0.15, -0.1) is 0 Å². The van der Waals surface area contributed by atoms with Crippen molar-refractivity contribution in [2.24, 2.45) is 0 Å². The van der Waals surface area contributed by atoms with Crippen molar-refractivity contribution in [2.45, 2.75) is 39.0 Å². The first kappa shape index (κ1) is 19.4. The Labute approximate surface area is 160 Å². The molecule has 1 N–H and O–H groups in total. The molecule has 1 aliphatic rings. The summed E-state index contributed by atoms with van der Waals surface area (Å²) in [6.07, 6.45) is 2.28. The largest absolute Gasteiger partial charge is 0.491 e. The maximum atomic E-state index is 12.4. The zero-order valence-electron chi connectivity index (χ0n) is 15.8. The number of hydrogen-bond acceptors (Lipinski definition) is 4. The Hall–Kier alpha value is -2.37. The lowest BCUT2D eigenvalue weighted by atomic mass is 10.1. The minimum atomic E-state index is -0.115. The molecule has 144 valence electrons. The van der Waals surface area contributed by atoms with Crippen LogP contribution in [0.25, 0.3) is 0 Å². The quantitative estimate of drug-likeness (QED) is 0.732. The van der Waals surface area contributed by atoms with Gasteiger partial charge < -0.3 is 19.5 Å². The van der Waals surface area contributed by atoms with E-state index in [2.05, 4.69) is 5.32 Å². The predicted molar refractivity (Wildman–Crippen MR) is 104 cm³/mol. The normalized spacial score (nSPS) is 16.3. The molecule has 1 aliphatic heterocycles. The SMILES string of the molecule is CCOCc1ccc(CNC(=O)c2cccc(OCC3CCCO3)c2)cc1. The molecular formula is C22H27NO4. The summed E-state index contributed by atoms with van der Waals surface area (Å²) < 4.78 is 16.7. The topological polar surface area (TPSA) is 56.8 Å². The number of nitrogens with one attached hydrogen (secondary N) is 1. The average molecular weight is 369 g/mol. The third-order valence-corrected chi connectivity index (χ3v) is 4.51. The Morgan fingerprint density at radius 3 is 2.74 bits per heavy atom. The highest BCUT2D eigenvalue weighted by molar-refractivity contribution is 5.94. The number of rotatable bonds is 9. The van der Waals surface area contributed by atoms with Crippen LogP contribution in [0.3, 0.4) is 0 Å². The summed E-state index contributed by atoms with van der Waals surface area (Å²) in [6, 6.07) is 15.3. The highest BCUT2D eigenvalue weighted by atomic mass is 16.5. The van der Waals surface area contributed by atoms with Crippen LogP contribution in [-0.2, 0) is 22.6 Å². The lowest BCUT2D eigenvalue weighted by Crippen LogP contribution is -2.23. The van der Waals surface area contributed by atoms with Crippen LogP contribution in [0, 0.1) is 0 Å². The Morgan fingerprint density at radius 2 is 2.00 bits per heavy atom. The highest BCUT2D eigenvalue weighted by Gasteiger charge is 2.16. The van der Waals surface area contributed by atoms with Crippen molar-refractivity contribution < 1.29 is 19.0 Å². The summed E-state index contributed by atoms with van der Waals surface area (Å²) in [7, 11) is 0. The lowest BCUT2D eigenvalue weighted by molar-refractivity contribution is 0.0679. The number of amides is 1. The van der Waals surface area contributed by atoms with Gasteiger partial charge in [-0.3, -0.25) is 4.79 Å². The van der Waals surface area contributed by atoms with E-state index in [1.807, 2.05) is 43.3 Å². The van der Waals surface area contributed by atoms with Crippen molar-refractivity contribution in [3.8, 4) is 5.75 Å². The van der Waals surface area contributed by atoms with Crippen LogP contribution in [0.2, 0.25) is 0 Å². The second kappa shape index (κ2) is 10.1. The highest BCUT2D eigenvalue weighted by Crippen LogP contribution is 2.17. The first-order valence-electron chi connectivity index (χ1n) is 9.53. The second-order valence-corrected chi connectivity index (χ2v) is 6.61. The molecule has 2 aromatic carbocycles. The van der Waals surface area contributed by atoms with Gasteiger partial charge in [-0.1, -0.05) is 30.3 Å². The monoisotopic (exact) mass is 369 g/mol. The lowest BCUT2D eigenvalue weighted by Gasteiger charge is -2.12. The fraction of sp³-hybridized carbons (Fsp3) is 0.409.